The van der Waals surface area contributed by atoms with Crippen molar-refractivity contribution in [1.82, 2.24) is 5.32 Å². The van der Waals surface area contributed by atoms with E-state index in [0.717, 1.165) is 37.1 Å². The van der Waals surface area contributed by atoms with Gasteiger partial charge in [0.25, 0.3) is 0 Å². The molecule has 1 aliphatic heterocycles. The van der Waals surface area contributed by atoms with Crippen molar-refractivity contribution in [2.75, 3.05) is 40.3 Å². The molecule has 1 unspecified atom stereocenters. The van der Waals surface area contributed by atoms with Crippen LogP contribution < -0.4 is 17.7 Å². The lowest BCUT2D eigenvalue weighted by atomic mass is 10.3. The highest BCUT2D eigenvalue weighted by Gasteiger charge is 2.31. The summed E-state index contributed by atoms with van der Waals surface area (Å²) in [6.07, 6.45) is 1.44. The predicted molar refractivity (Wildman–Crippen MR) is 64.0 cm³/mol. The summed E-state index contributed by atoms with van der Waals surface area (Å²) in [6.45, 7) is 9.07. The smallest absolute Gasteiger partial charge is 0.246 e. The van der Waals surface area contributed by atoms with Gasteiger partial charge in [0.2, 0.25) is 5.91 Å². The minimum Gasteiger partial charge on any atom is -1.00 e. The Hall–Kier alpha value is -0.580. The van der Waals surface area contributed by atoms with Crippen LogP contribution in [-0.2, 0) is 9.53 Å². The molecule has 0 aromatic heterocycles. The molecule has 1 aliphatic rings. The molecule has 1 fully saturated rings. The minimum atomic E-state index is -0.0455. The average Bonchev–Trinajstić information content (AvgIpc) is 2.94. The van der Waals surface area contributed by atoms with Crippen molar-refractivity contribution in [3.8, 4) is 0 Å². The molecule has 1 amide bonds. The van der Waals surface area contributed by atoms with Crippen LogP contribution in [0, 0.1) is 0 Å². The quantitative estimate of drug-likeness (QED) is 0.240. The second kappa shape index (κ2) is 6.99. The van der Waals surface area contributed by atoms with E-state index >= 15 is 0 Å². The van der Waals surface area contributed by atoms with Crippen LogP contribution in [0.15, 0.2) is 12.2 Å². The van der Waals surface area contributed by atoms with Crippen molar-refractivity contribution in [1.29, 1.82) is 0 Å². The van der Waals surface area contributed by atoms with Crippen LogP contribution in [-0.4, -0.2) is 56.8 Å². The Morgan fingerprint density at radius 3 is 2.59 bits per heavy atom. The maximum atomic E-state index is 11.2. The van der Waals surface area contributed by atoms with Crippen molar-refractivity contribution in [2.45, 2.75) is 19.4 Å². The Kier molecular flexibility index (Phi) is 6.75. The maximum Gasteiger partial charge on any atom is 0.246 e. The van der Waals surface area contributed by atoms with E-state index in [1.807, 2.05) is 0 Å². The second-order valence-corrected chi connectivity index (χ2v) is 5.19. The van der Waals surface area contributed by atoms with E-state index in [1.54, 1.807) is 6.92 Å². The van der Waals surface area contributed by atoms with E-state index in [0.29, 0.717) is 11.7 Å². The molecule has 0 saturated carbocycles. The Bertz CT molecular complexity index is 276. The summed E-state index contributed by atoms with van der Waals surface area (Å²) < 4.78 is 6.18. The summed E-state index contributed by atoms with van der Waals surface area (Å²) in [5.41, 5.74) is 0.570. The topological polar surface area (TPSA) is 41.6 Å². The van der Waals surface area contributed by atoms with Gasteiger partial charge in [-0.25, -0.2) is 0 Å². The third-order valence-electron chi connectivity index (χ3n) is 2.71. The molecule has 1 heterocycles. The van der Waals surface area contributed by atoms with Gasteiger partial charge in [-0.1, -0.05) is 6.58 Å². The van der Waals surface area contributed by atoms with E-state index in [2.05, 4.69) is 26.0 Å². The zero-order valence-electron chi connectivity index (χ0n) is 11.0. The van der Waals surface area contributed by atoms with Gasteiger partial charge in [-0.2, -0.15) is 0 Å². The molecule has 1 rings (SSSR count). The minimum absolute atomic E-state index is 0. The number of epoxide rings is 1. The van der Waals surface area contributed by atoms with Gasteiger partial charge in [-0.05, 0) is 6.92 Å². The van der Waals surface area contributed by atoms with Gasteiger partial charge in [0.05, 0.1) is 27.2 Å². The first kappa shape index (κ1) is 16.4. The van der Waals surface area contributed by atoms with Gasteiger partial charge in [0.1, 0.15) is 12.6 Å². The number of ether oxygens (including phenoxy) is 1. The largest absolute Gasteiger partial charge is 1.00 e. The molecule has 17 heavy (non-hydrogen) atoms. The summed E-state index contributed by atoms with van der Waals surface area (Å²) in [4.78, 5) is 11.2. The Morgan fingerprint density at radius 1 is 1.53 bits per heavy atom. The molecule has 1 N–H and O–H groups in total. The molecular weight excluding hydrogens is 240 g/mol. The van der Waals surface area contributed by atoms with Crippen LogP contribution in [0.1, 0.15) is 13.3 Å². The summed E-state index contributed by atoms with van der Waals surface area (Å²) in [7, 11) is 4.39. The van der Waals surface area contributed by atoms with Crippen LogP contribution in [0.4, 0.5) is 0 Å². The monoisotopic (exact) mass is 262 g/mol. The molecule has 0 aromatic carbocycles. The fourth-order valence-corrected chi connectivity index (χ4v) is 1.68. The zero-order chi connectivity index (χ0) is 12.2. The summed E-state index contributed by atoms with van der Waals surface area (Å²) in [6, 6.07) is 0. The number of carbonyl (C=O) groups is 1. The number of rotatable bonds is 7. The molecule has 100 valence electrons. The number of hydrogen-bond donors (Lipinski definition) is 1. The number of amides is 1. The summed E-state index contributed by atoms with van der Waals surface area (Å²) in [5, 5.41) is 2.84. The van der Waals surface area contributed by atoms with Crippen LogP contribution in [0.2, 0.25) is 0 Å². The second-order valence-electron chi connectivity index (χ2n) is 5.19. The van der Waals surface area contributed by atoms with E-state index in [-0.39, 0.29) is 18.3 Å². The van der Waals surface area contributed by atoms with Crippen molar-refractivity contribution in [3.63, 3.8) is 0 Å². The normalized spacial score (nSPS) is 18.2. The molecule has 0 spiro atoms. The lowest BCUT2D eigenvalue weighted by molar-refractivity contribution is -0.890. The Balaban J connectivity index is 0.00000256. The lowest BCUT2D eigenvalue weighted by Gasteiger charge is -2.29. The zero-order valence-corrected chi connectivity index (χ0v) is 11.7. The number of quaternary nitrogens is 1. The van der Waals surface area contributed by atoms with Gasteiger partial charge < -0.3 is 26.9 Å². The number of hydrogen-bond acceptors (Lipinski definition) is 2. The van der Waals surface area contributed by atoms with E-state index in [4.69, 9.17) is 4.74 Å². The lowest BCUT2D eigenvalue weighted by Crippen LogP contribution is -3.00. The van der Waals surface area contributed by atoms with E-state index < -0.39 is 0 Å². The molecule has 1 saturated heterocycles. The maximum absolute atomic E-state index is 11.2. The van der Waals surface area contributed by atoms with E-state index in [9.17, 15) is 4.79 Å². The fourth-order valence-electron chi connectivity index (χ4n) is 1.68. The molecule has 1 atom stereocenters. The molecule has 5 heteroatoms. The first-order valence-electron chi connectivity index (χ1n) is 5.78. The molecule has 4 nitrogen and oxygen atoms in total. The molecule has 0 aromatic rings. The molecular formula is C12H23ClN2O2. The van der Waals surface area contributed by atoms with Gasteiger partial charge in [0.15, 0.2) is 0 Å². The van der Waals surface area contributed by atoms with Crippen molar-refractivity contribution >= 4 is 5.91 Å². The van der Waals surface area contributed by atoms with Crippen molar-refractivity contribution in [2.24, 2.45) is 0 Å². The highest BCUT2D eigenvalue weighted by atomic mass is 35.5. The number of nitrogens with one attached hydrogen (secondary N) is 1. The SMILES string of the molecule is C=C(C)C(=O)NCCC[N+](C)(C)CC1CO1.[Cl-]. The third-order valence-corrected chi connectivity index (χ3v) is 2.71. The number of nitrogens with zero attached hydrogens (tertiary/aromatic N) is 1. The first-order valence-corrected chi connectivity index (χ1v) is 5.78. The molecule has 0 aliphatic carbocycles. The first-order chi connectivity index (χ1) is 7.41. The number of carbonyl (C=O) groups excluding carboxylic acids is 1. The van der Waals surface area contributed by atoms with Crippen LogP contribution in [0.5, 0.6) is 0 Å². The fraction of sp³-hybridized carbons (Fsp3) is 0.750. The third kappa shape index (κ3) is 7.36. The highest BCUT2D eigenvalue weighted by molar-refractivity contribution is 5.91. The van der Waals surface area contributed by atoms with Crippen molar-refractivity contribution < 1.29 is 26.4 Å². The summed E-state index contributed by atoms with van der Waals surface area (Å²) in [5.74, 6) is -0.0455. The Labute approximate surface area is 110 Å². The average molecular weight is 263 g/mol. The van der Waals surface area contributed by atoms with Crippen molar-refractivity contribution in [3.05, 3.63) is 12.2 Å². The van der Waals surface area contributed by atoms with E-state index in [1.165, 1.54) is 0 Å². The van der Waals surface area contributed by atoms with Crippen LogP contribution >= 0.6 is 0 Å². The van der Waals surface area contributed by atoms with Gasteiger partial charge >= 0.3 is 0 Å². The molecule has 0 bridgehead atoms. The Morgan fingerprint density at radius 2 is 2.12 bits per heavy atom. The summed E-state index contributed by atoms with van der Waals surface area (Å²) >= 11 is 0. The molecule has 0 radical (unpaired) electrons. The van der Waals surface area contributed by atoms with Gasteiger partial charge in [-0.15, -0.1) is 0 Å². The number of halogens is 1. The standard InChI is InChI=1S/C12H22N2O2.ClH/c1-10(2)12(15)13-6-5-7-14(3,4)8-11-9-16-11;/h11H,1,5-9H2,2-4H3;1H. The van der Waals surface area contributed by atoms with Crippen LogP contribution in [0.25, 0.3) is 0 Å². The highest BCUT2D eigenvalue weighted by Crippen LogP contribution is 2.13. The van der Waals surface area contributed by atoms with Gasteiger partial charge in [-0.3, -0.25) is 4.79 Å². The van der Waals surface area contributed by atoms with Crippen LogP contribution in [0.3, 0.4) is 0 Å². The van der Waals surface area contributed by atoms with Gasteiger partial charge in [0, 0.05) is 18.5 Å². The predicted octanol–water partition coefficient (Wildman–Crippen LogP) is -2.45. The number of likely N-dealkylation sites (N-methyl/N-ethyl adjacent to an activating group) is 1.